The number of nitrogens with zero attached hydrogens (tertiary/aromatic N) is 2. The van der Waals surface area contributed by atoms with E-state index >= 15 is 0 Å². The highest BCUT2D eigenvalue weighted by Crippen LogP contribution is 2.31. The maximum absolute atomic E-state index is 14.3. The number of hydrogen-bond acceptors (Lipinski definition) is 3. The van der Waals surface area contributed by atoms with Crippen molar-refractivity contribution in [1.29, 1.82) is 0 Å². The number of aryl methyl sites for hydroxylation is 2. The molecule has 3 rings (SSSR count). The third-order valence-corrected chi connectivity index (χ3v) is 5.20. The molecule has 2 aromatic carbocycles. The van der Waals surface area contributed by atoms with Gasteiger partial charge in [-0.25, -0.2) is 30.7 Å². The molecule has 0 radical (unpaired) electrons. The Hall–Kier alpha value is -2.68. The molecule has 0 atom stereocenters. The Morgan fingerprint density at radius 2 is 1.46 bits per heavy atom. The fourth-order valence-corrected chi connectivity index (χ4v) is 3.88. The van der Waals surface area contributed by atoms with Crippen LogP contribution in [0.5, 0.6) is 0 Å². The highest BCUT2D eigenvalue weighted by atomic mass is 32.2. The summed E-state index contributed by atoms with van der Waals surface area (Å²) in [5.41, 5.74) is 1.70. The monoisotopic (exact) mass is 412 g/mol. The van der Waals surface area contributed by atoms with E-state index < -0.39 is 38.5 Å². The van der Waals surface area contributed by atoms with E-state index in [0.717, 1.165) is 34.0 Å². The standard InChI is InChI=1S/C19H16F4N2O2S/c1-10-4-11(2)6-12(5-10)17-9-16(19(22)23)24-25(17)13-7-14(20)18(15(21)8-13)28(3,26)27/h4-9,19H,1-3H3. The topological polar surface area (TPSA) is 52.0 Å². The summed E-state index contributed by atoms with van der Waals surface area (Å²) in [4.78, 5) is -1.08. The van der Waals surface area contributed by atoms with Crippen LogP contribution < -0.4 is 0 Å². The summed E-state index contributed by atoms with van der Waals surface area (Å²) >= 11 is 0. The molecule has 0 N–H and O–H groups in total. The van der Waals surface area contributed by atoms with Crippen molar-refractivity contribution in [3.05, 3.63) is 64.9 Å². The van der Waals surface area contributed by atoms with Crippen molar-refractivity contribution in [1.82, 2.24) is 9.78 Å². The summed E-state index contributed by atoms with van der Waals surface area (Å²) in [6.45, 7) is 3.65. The van der Waals surface area contributed by atoms with Crippen LogP contribution in [0.2, 0.25) is 0 Å². The van der Waals surface area contributed by atoms with E-state index in [9.17, 15) is 26.0 Å². The summed E-state index contributed by atoms with van der Waals surface area (Å²) in [5, 5.41) is 3.77. The van der Waals surface area contributed by atoms with Gasteiger partial charge in [-0.3, -0.25) is 0 Å². The lowest BCUT2D eigenvalue weighted by molar-refractivity contribution is 0.145. The molecule has 0 bridgehead atoms. The molecule has 0 aliphatic heterocycles. The van der Waals surface area contributed by atoms with Gasteiger partial charge in [0.15, 0.2) is 9.84 Å². The van der Waals surface area contributed by atoms with Crippen LogP contribution >= 0.6 is 0 Å². The molecule has 0 aliphatic carbocycles. The molecule has 1 heterocycles. The van der Waals surface area contributed by atoms with Crippen LogP contribution in [0, 0.1) is 25.5 Å². The van der Waals surface area contributed by atoms with Gasteiger partial charge in [0.05, 0.1) is 11.4 Å². The zero-order valence-corrected chi connectivity index (χ0v) is 16.0. The molecule has 0 unspecified atom stereocenters. The van der Waals surface area contributed by atoms with E-state index in [0.29, 0.717) is 11.8 Å². The van der Waals surface area contributed by atoms with E-state index in [1.165, 1.54) is 0 Å². The van der Waals surface area contributed by atoms with Gasteiger partial charge >= 0.3 is 0 Å². The van der Waals surface area contributed by atoms with Crippen molar-refractivity contribution >= 4 is 9.84 Å². The van der Waals surface area contributed by atoms with E-state index in [4.69, 9.17) is 0 Å². The number of alkyl halides is 2. The van der Waals surface area contributed by atoms with Crippen molar-refractivity contribution < 1.29 is 26.0 Å². The maximum Gasteiger partial charge on any atom is 0.282 e. The molecule has 28 heavy (non-hydrogen) atoms. The van der Waals surface area contributed by atoms with E-state index in [-0.39, 0.29) is 11.4 Å². The molecule has 0 spiro atoms. The maximum atomic E-state index is 14.3. The van der Waals surface area contributed by atoms with Crippen molar-refractivity contribution in [2.75, 3.05) is 6.26 Å². The molecule has 9 heteroatoms. The minimum absolute atomic E-state index is 0.202. The predicted octanol–water partition coefficient (Wildman–Crippen LogP) is 4.78. The molecular weight excluding hydrogens is 396 g/mol. The molecule has 4 nitrogen and oxygen atoms in total. The molecule has 0 saturated carbocycles. The molecule has 0 aliphatic rings. The lowest BCUT2D eigenvalue weighted by atomic mass is 10.0. The van der Waals surface area contributed by atoms with Gasteiger partial charge in [0.25, 0.3) is 6.43 Å². The minimum Gasteiger partial charge on any atom is -0.232 e. The largest absolute Gasteiger partial charge is 0.282 e. The molecule has 148 valence electrons. The van der Waals surface area contributed by atoms with Crippen molar-refractivity contribution in [2.45, 2.75) is 25.2 Å². The summed E-state index contributed by atoms with van der Waals surface area (Å²) in [7, 11) is -4.14. The first kappa shape index (κ1) is 20.1. The number of rotatable bonds is 4. The number of halogens is 4. The number of benzene rings is 2. The summed E-state index contributed by atoms with van der Waals surface area (Å²) < 4.78 is 79.2. The van der Waals surface area contributed by atoms with Gasteiger partial charge in [0.2, 0.25) is 0 Å². The first-order chi connectivity index (χ1) is 13.0. The number of hydrogen-bond donors (Lipinski definition) is 0. The van der Waals surface area contributed by atoms with Gasteiger partial charge in [0.1, 0.15) is 22.2 Å². The Morgan fingerprint density at radius 1 is 0.929 bits per heavy atom. The Kier molecular flexibility index (Phi) is 5.05. The van der Waals surface area contributed by atoms with Gasteiger partial charge in [-0.2, -0.15) is 5.10 Å². The lowest BCUT2D eigenvalue weighted by Crippen LogP contribution is -2.08. The Morgan fingerprint density at radius 3 is 1.93 bits per heavy atom. The summed E-state index contributed by atoms with van der Waals surface area (Å²) in [5.74, 6) is -2.64. The zero-order chi connectivity index (χ0) is 20.8. The summed E-state index contributed by atoms with van der Waals surface area (Å²) in [6.07, 6.45) is -2.21. The van der Waals surface area contributed by atoms with Crippen LogP contribution in [0.1, 0.15) is 23.2 Å². The predicted molar refractivity (Wildman–Crippen MR) is 96.5 cm³/mol. The fourth-order valence-electron chi connectivity index (χ4n) is 3.05. The second-order valence-corrected chi connectivity index (χ2v) is 8.51. The molecule has 0 amide bonds. The van der Waals surface area contributed by atoms with Crippen LogP contribution in [-0.4, -0.2) is 24.5 Å². The molecular formula is C19H16F4N2O2S. The first-order valence-electron chi connectivity index (χ1n) is 8.13. The van der Waals surface area contributed by atoms with Crippen LogP contribution in [0.25, 0.3) is 16.9 Å². The average Bonchev–Trinajstić information content (AvgIpc) is 2.97. The summed E-state index contributed by atoms with van der Waals surface area (Å²) in [6, 6.07) is 8.00. The van der Waals surface area contributed by atoms with Gasteiger partial charge in [-0.15, -0.1) is 0 Å². The number of aromatic nitrogens is 2. The Bertz CT molecular complexity index is 1130. The average molecular weight is 412 g/mol. The van der Waals surface area contributed by atoms with E-state index in [1.807, 2.05) is 19.9 Å². The van der Waals surface area contributed by atoms with Gasteiger partial charge in [0, 0.05) is 24.0 Å². The molecule has 3 aromatic rings. The third-order valence-electron chi connectivity index (χ3n) is 4.07. The fraction of sp³-hybridized carbons (Fsp3) is 0.211. The van der Waals surface area contributed by atoms with Crippen molar-refractivity contribution in [3.8, 4) is 16.9 Å². The Labute approximate surface area is 159 Å². The van der Waals surface area contributed by atoms with Crippen LogP contribution in [0.4, 0.5) is 17.6 Å². The Balaban J connectivity index is 2.28. The van der Waals surface area contributed by atoms with Crippen molar-refractivity contribution in [2.24, 2.45) is 0 Å². The zero-order valence-electron chi connectivity index (χ0n) is 15.2. The van der Waals surface area contributed by atoms with Crippen LogP contribution in [0.3, 0.4) is 0 Å². The highest BCUT2D eigenvalue weighted by molar-refractivity contribution is 7.90. The van der Waals surface area contributed by atoms with E-state index in [2.05, 4.69) is 5.10 Å². The van der Waals surface area contributed by atoms with E-state index in [1.54, 1.807) is 12.1 Å². The second-order valence-electron chi connectivity index (χ2n) is 6.55. The second kappa shape index (κ2) is 7.05. The molecule has 1 aromatic heterocycles. The van der Waals surface area contributed by atoms with Gasteiger partial charge in [-0.1, -0.05) is 17.2 Å². The van der Waals surface area contributed by atoms with Crippen LogP contribution in [0.15, 0.2) is 41.3 Å². The van der Waals surface area contributed by atoms with Gasteiger partial charge < -0.3 is 0 Å². The molecule has 0 fully saturated rings. The highest BCUT2D eigenvalue weighted by Gasteiger charge is 2.24. The quantitative estimate of drug-likeness (QED) is 0.580. The van der Waals surface area contributed by atoms with Crippen LogP contribution in [-0.2, 0) is 9.84 Å². The minimum atomic E-state index is -4.14. The SMILES string of the molecule is Cc1cc(C)cc(-c2cc(C(F)F)nn2-c2cc(F)c(S(C)(=O)=O)c(F)c2)c1. The molecule has 0 saturated heterocycles. The van der Waals surface area contributed by atoms with Crippen molar-refractivity contribution in [3.63, 3.8) is 0 Å². The van der Waals surface area contributed by atoms with Gasteiger partial charge in [-0.05, 0) is 32.0 Å². The number of sulfone groups is 1. The third kappa shape index (κ3) is 3.80. The lowest BCUT2D eigenvalue weighted by Gasteiger charge is -2.11. The smallest absolute Gasteiger partial charge is 0.232 e. The first-order valence-corrected chi connectivity index (χ1v) is 10.0. The normalized spacial score (nSPS) is 12.0.